The Hall–Kier alpha value is -1.30. The van der Waals surface area contributed by atoms with Crippen molar-refractivity contribution in [2.75, 3.05) is 0 Å². The first-order chi connectivity index (χ1) is 8.36. The molecule has 94 valence electrons. The molecule has 0 N–H and O–H groups in total. The van der Waals surface area contributed by atoms with Crippen molar-refractivity contribution in [3.8, 4) is 0 Å². The summed E-state index contributed by atoms with van der Waals surface area (Å²) in [4.78, 5) is 0. The normalized spacial score (nSPS) is 34.1. The Balaban J connectivity index is 2.51. The molecule has 0 saturated heterocycles. The third-order valence-electron chi connectivity index (χ3n) is 6.13. The van der Waals surface area contributed by atoms with Crippen LogP contribution in [0.3, 0.4) is 0 Å². The molecule has 0 saturated carbocycles. The zero-order valence-electron chi connectivity index (χ0n) is 12.3. The van der Waals surface area contributed by atoms with Crippen molar-refractivity contribution in [2.45, 2.75) is 52.4 Å². The molecule has 0 aliphatic heterocycles. The molecule has 0 unspecified atom stereocenters. The van der Waals surface area contributed by atoms with Crippen molar-refractivity contribution in [1.29, 1.82) is 0 Å². The molecule has 3 aliphatic carbocycles. The summed E-state index contributed by atoms with van der Waals surface area (Å²) in [5.74, 6) is 0. The number of hydrogen-bond donors (Lipinski definition) is 0. The van der Waals surface area contributed by atoms with Gasteiger partial charge in [0.1, 0.15) is 0 Å². The van der Waals surface area contributed by atoms with Gasteiger partial charge >= 0.3 is 0 Å². The van der Waals surface area contributed by atoms with E-state index in [2.05, 4.69) is 65.8 Å². The van der Waals surface area contributed by atoms with E-state index in [-0.39, 0.29) is 10.8 Å². The molecule has 18 heavy (non-hydrogen) atoms. The van der Waals surface area contributed by atoms with E-state index in [1.807, 2.05) is 0 Å². The predicted molar refractivity (Wildman–Crippen MR) is 77.9 cm³/mol. The molecule has 0 heterocycles. The fraction of sp³-hybridized carbons (Fsp3) is 0.444. The summed E-state index contributed by atoms with van der Waals surface area (Å²) < 4.78 is 0. The van der Waals surface area contributed by atoms with E-state index in [4.69, 9.17) is 0 Å². The van der Waals surface area contributed by atoms with Gasteiger partial charge in [-0.3, -0.25) is 0 Å². The molecular weight excluding hydrogens is 216 g/mol. The van der Waals surface area contributed by atoms with Crippen LogP contribution in [0.25, 0.3) is 0 Å². The number of hydrogen-bond acceptors (Lipinski definition) is 0. The maximum atomic E-state index is 2.39. The van der Waals surface area contributed by atoms with Gasteiger partial charge in [-0.25, -0.2) is 0 Å². The van der Waals surface area contributed by atoms with Crippen LogP contribution < -0.4 is 0 Å². The molecule has 0 spiro atoms. The second kappa shape index (κ2) is 3.17. The van der Waals surface area contributed by atoms with E-state index >= 15 is 0 Å². The standard InChI is InChI=1S/C18H22/c1-11-12(2)18(6)14(4)13(3)17(11,5)15-9-7-8-10-16(15)18/h7-10H,1-6H3. The molecule has 3 aliphatic rings. The van der Waals surface area contributed by atoms with Gasteiger partial charge in [0.05, 0.1) is 0 Å². The van der Waals surface area contributed by atoms with Crippen molar-refractivity contribution < 1.29 is 0 Å². The van der Waals surface area contributed by atoms with Crippen LogP contribution >= 0.6 is 0 Å². The third kappa shape index (κ3) is 0.957. The fourth-order valence-corrected chi connectivity index (χ4v) is 4.23. The summed E-state index contributed by atoms with van der Waals surface area (Å²) in [5, 5.41) is 0. The lowest BCUT2D eigenvalue weighted by molar-refractivity contribution is 0.480. The van der Waals surface area contributed by atoms with E-state index in [0.29, 0.717) is 0 Å². The highest BCUT2D eigenvalue weighted by atomic mass is 14.5. The molecule has 1 aromatic rings. The van der Waals surface area contributed by atoms with E-state index in [1.54, 1.807) is 22.3 Å². The summed E-state index contributed by atoms with van der Waals surface area (Å²) >= 11 is 0. The summed E-state index contributed by atoms with van der Waals surface area (Å²) in [6.07, 6.45) is 0. The van der Waals surface area contributed by atoms with Crippen molar-refractivity contribution in [3.05, 3.63) is 57.7 Å². The minimum Gasteiger partial charge on any atom is -0.0619 e. The lowest BCUT2D eigenvalue weighted by atomic mass is 9.49. The largest absolute Gasteiger partial charge is 0.0619 e. The summed E-state index contributed by atoms with van der Waals surface area (Å²) in [7, 11) is 0. The van der Waals surface area contributed by atoms with Crippen molar-refractivity contribution in [3.63, 3.8) is 0 Å². The number of benzene rings is 1. The van der Waals surface area contributed by atoms with Crippen molar-refractivity contribution in [2.24, 2.45) is 0 Å². The van der Waals surface area contributed by atoms with Gasteiger partial charge < -0.3 is 0 Å². The Morgan fingerprint density at radius 1 is 0.611 bits per heavy atom. The monoisotopic (exact) mass is 238 g/mol. The Kier molecular flexibility index (Phi) is 2.07. The molecule has 0 nitrogen and oxygen atoms in total. The number of allylic oxidation sites excluding steroid dienone is 4. The predicted octanol–water partition coefficient (Wildman–Crippen LogP) is 4.90. The van der Waals surface area contributed by atoms with Crippen LogP contribution in [0.5, 0.6) is 0 Å². The molecule has 0 atom stereocenters. The van der Waals surface area contributed by atoms with Gasteiger partial charge in [-0.05, 0) is 52.7 Å². The highest BCUT2D eigenvalue weighted by Gasteiger charge is 2.51. The van der Waals surface area contributed by atoms with Crippen molar-refractivity contribution >= 4 is 0 Å². The fourth-order valence-electron chi connectivity index (χ4n) is 4.23. The second-order valence-electron chi connectivity index (χ2n) is 6.30. The van der Waals surface area contributed by atoms with Gasteiger partial charge in [-0.2, -0.15) is 0 Å². The van der Waals surface area contributed by atoms with E-state index in [9.17, 15) is 0 Å². The smallest absolute Gasteiger partial charge is 0.0346 e. The first kappa shape index (κ1) is 11.8. The first-order valence-corrected chi connectivity index (χ1v) is 6.83. The Bertz CT molecular complexity index is 532. The Labute approximate surface area is 110 Å². The quantitative estimate of drug-likeness (QED) is 0.564. The van der Waals surface area contributed by atoms with Crippen LogP contribution in [0, 0.1) is 0 Å². The molecule has 2 bridgehead atoms. The van der Waals surface area contributed by atoms with Crippen LogP contribution in [0.4, 0.5) is 0 Å². The van der Waals surface area contributed by atoms with Gasteiger partial charge in [0.2, 0.25) is 0 Å². The van der Waals surface area contributed by atoms with Gasteiger partial charge in [0.25, 0.3) is 0 Å². The first-order valence-electron chi connectivity index (χ1n) is 6.83. The molecule has 0 fully saturated rings. The molecule has 0 radical (unpaired) electrons. The lowest BCUT2D eigenvalue weighted by Crippen LogP contribution is -2.46. The van der Waals surface area contributed by atoms with Gasteiger partial charge in [0.15, 0.2) is 0 Å². The maximum Gasteiger partial charge on any atom is 0.0346 e. The topological polar surface area (TPSA) is 0 Å². The summed E-state index contributed by atoms with van der Waals surface area (Å²) in [5.41, 5.74) is 9.44. The molecule has 0 amide bonds. The van der Waals surface area contributed by atoms with Crippen molar-refractivity contribution in [1.82, 2.24) is 0 Å². The zero-order valence-corrected chi connectivity index (χ0v) is 12.3. The maximum absolute atomic E-state index is 2.39. The highest BCUT2D eigenvalue weighted by Crippen LogP contribution is 2.60. The average Bonchev–Trinajstić information content (AvgIpc) is 2.39. The summed E-state index contributed by atoms with van der Waals surface area (Å²) in [6.45, 7) is 14.1. The highest BCUT2D eigenvalue weighted by molar-refractivity contribution is 5.68. The average molecular weight is 238 g/mol. The minimum absolute atomic E-state index is 0.114. The van der Waals surface area contributed by atoms with Gasteiger partial charge in [0, 0.05) is 10.8 Å². The van der Waals surface area contributed by atoms with Crippen LogP contribution in [-0.2, 0) is 10.8 Å². The van der Waals surface area contributed by atoms with Crippen LogP contribution in [0.2, 0.25) is 0 Å². The zero-order chi connectivity index (χ0) is 13.3. The Morgan fingerprint density at radius 2 is 0.889 bits per heavy atom. The minimum atomic E-state index is 0.114. The van der Waals surface area contributed by atoms with Gasteiger partial charge in [-0.1, -0.05) is 46.6 Å². The number of rotatable bonds is 0. The molecule has 1 aromatic carbocycles. The third-order valence-corrected chi connectivity index (χ3v) is 6.13. The lowest BCUT2D eigenvalue weighted by Gasteiger charge is -2.54. The summed E-state index contributed by atoms with van der Waals surface area (Å²) in [6, 6.07) is 9.00. The second-order valence-corrected chi connectivity index (χ2v) is 6.30. The van der Waals surface area contributed by atoms with Crippen LogP contribution in [0.15, 0.2) is 46.6 Å². The molecule has 0 aromatic heterocycles. The Morgan fingerprint density at radius 3 is 1.17 bits per heavy atom. The molecule has 4 rings (SSSR count). The SMILES string of the molecule is CC1=C(C)C2(C)C(C)=C(C)C1(C)c1ccccc12. The van der Waals surface area contributed by atoms with E-state index in [1.165, 1.54) is 11.1 Å². The van der Waals surface area contributed by atoms with E-state index in [0.717, 1.165) is 0 Å². The molecule has 0 heteroatoms. The van der Waals surface area contributed by atoms with Crippen LogP contribution in [-0.4, -0.2) is 0 Å². The van der Waals surface area contributed by atoms with Crippen LogP contribution in [0.1, 0.15) is 52.7 Å². The van der Waals surface area contributed by atoms with Gasteiger partial charge in [-0.15, -0.1) is 0 Å². The molecular formula is C18H22. The van der Waals surface area contributed by atoms with E-state index < -0.39 is 0 Å².